The number of benzene rings is 1. The van der Waals surface area contributed by atoms with Crippen LogP contribution in [0.1, 0.15) is 15.9 Å². The first-order valence-electron chi connectivity index (χ1n) is 4.98. The Bertz CT molecular complexity index is 379. The number of nitrogens with two attached hydrogens (primary N) is 1. The van der Waals surface area contributed by atoms with Crippen LogP contribution in [-0.4, -0.2) is 35.4 Å². The highest BCUT2D eigenvalue weighted by molar-refractivity contribution is 5.99. The van der Waals surface area contributed by atoms with Crippen LogP contribution in [0.4, 0.5) is 5.69 Å². The molecule has 0 saturated heterocycles. The van der Waals surface area contributed by atoms with E-state index in [2.05, 4.69) is 5.32 Å². The summed E-state index contributed by atoms with van der Waals surface area (Å²) < 4.78 is 0. The molecule has 0 aliphatic heterocycles. The second-order valence-corrected chi connectivity index (χ2v) is 3.64. The Morgan fingerprint density at radius 3 is 2.88 bits per heavy atom. The van der Waals surface area contributed by atoms with Gasteiger partial charge >= 0.3 is 0 Å². The smallest absolute Gasteiger partial charge is 0.253 e. The van der Waals surface area contributed by atoms with E-state index in [0.29, 0.717) is 11.3 Å². The van der Waals surface area contributed by atoms with Crippen molar-refractivity contribution in [2.24, 2.45) is 0 Å². The fourth-order valence-electron chi connectivity index (χ4n) is 1.24. The molecular weight excluding hydrogens is 208 g/mol. The number of aryl methyl sites for hydroxylation is 1. The van der Waals surface area contributed by atoms with Gasteiger partial charge in [0.25, 0.3) is 5.91 Å². The van der Waals surface area contributed by atoms with Crippen molar-refractivity contribution in [3.8, 4) is 0 Å². The second kappa shape index (κ2) is 5.48. The normalized spacial score (nSPS) is 12.2. The van der Waals surface area contributed by atoms with Crippen molar-refractivity contribution in [3.63, 3.8) is 0 Å². The standard InChI is InChI=1S/C11H16N2O3/c1-7-2-3-10(12)9(4-7)11(16)13-5-8(15)6-14/h2-4,8,14-15H,5-6,12H2,1H3,(H,13,16). The molecule has 1 atom stereocenters. The summed E-state index contributed by atoms with van der Waals surface area (Å²) in [5, 5.41) is 20.2. The fourth-order valence-corrected chi connectivity index (χ4v) is 1.24. The molecule has 0 radical (unpaired) electrons. The molecule has 88 valence electrons. The van der Waals surface area contributed by atoms with Crippen LogP contribution < -0.4 is 11.1 Å². The van der Waals surface area contributed by atoms with Crippen molar-refractivity contribution in [2.45, 2.75) is 13.0 Å². The highest BCUT2D eigenvalue weighted by Gasteiger charge is 2.11. The molecule has 0 spiro atoms. The molecule has 0 heterocycles. The van der Waals surface area contributed by atoms with Gasteiger partial charge in [0, 0.05) is 12.2 Å². The van der Waals surface area contributed by atoms with Gasteiger partial charge in [-0.15, -0.1) is 0 Å². The largest absolute Gasteiger partial charge is 0.398 e. The van der Waals surface area contributed by atoms with Crippen LogP contribution in [0.25, 0.3) is 0 Å². The fraction of sp³-hybridized carbons (Fsp3) is 0.364. The van der Waals surface area contributed by atoms with Gasteiger partial charge < -0.3 is 21.3 Å². The van der Waals surface area contributed by atoms with Gasteiger partial charge in [0.1, 0.15) is 0 Å². The third kappa shape index (κ3) is 3.22. The number of carbonyl (C=O) groups excluding carboxylic acids is 1. The molecule has 1 amide bonds. The molecule has 1 aromatic carbocycles. The van der Waals surface area contributed by atoms with Crippen LogP contribution in [0.15, 0.2) is 18.2 Å². The minimum absolute atomic E-state index is 0.00269. The van der Waals surface area contributed by atoms with Crippen molar-refractivity contribution in [1.29, 1.82) is 0 Å². The van der Waals surface area contributed by atoms with Crippen molar-refractivity contribution in [1.82, 2.24) is 5.32 Å². The molecule has 0 saturated carbocycles. The zero-order chi connectivity index (χ0) is 12.1. The lowest BCUT2D eigenvalue weighted by atomic mass is 10.1. The molecule has 0 bridgehead atoms. The van der Waals surface area contributed by atoms with E-state index in [1.807, 2.05) is 13.0 Å². The van der Waals surface area contributed by atoms with Gasteiger partial charge in [0.05, 0.1) is 18.3 Å². The third-order valence-electron chi connectivity index (χ3n) is 2.16. The van der Waals surface area contributed by atoms with Gasteiger partial charge in [-0.3, -0.25) is 4.79 Å². The maximum atomic E-state index is 11.7. The quantitative estimate of drug-likeness (QED) is 0.526. The Labute approximate surface area is 93.9 Å². The van der Waals surface area contributed by atoms with Gasteiger partial charge in [-0.2, -0.15) is 0 Å². The van der Waals surface area contributed by atoms with E-state index in [-0.39, 0.29) is 19.1 Å². The first kappa shape index (κ1) is 12.5. The summed E-state index contributed by atoms with van der Waals surface area (Å²) in [6.07, 6.45) is -0.949. The Balaban J connectivity index is 2.69. The number of carbonyl (C=O) groups is 1. The number of aliphatic hydroxyl groups excluding tert-OH is 2. The highest BCUT2D eigenvalue weighted by atomic mass is 16.3. The van der Waals surface area contributed by atoms with E-state index < -0.39 is 6.10 Å². The molecular formula is C11H16N2O3. The van der Waals surface area contributed by atoms with Crippen molar-refractivity contribution in [3.05, 3.63) is 29.3 Å². The van der Waals surface area contributed by atoms with Crippen LogP contribution in [0, 0.1) is 6.92 Å². The number of aliphatic hydroxyl groups is 2. The summed E-state index contributed by atoms with van der Waals surface area (Å²) in [5.74, 6) is -0.353. The van der Waals surface area contributed by atoms with E-state index >= 15 is 0 Å². The summed E-state index contributed by atoms with van der Waals surface area (Å²) in [6.45, 7) is 1.48. The average molecular weight is 224 g/mol. The van der Waals surface area contributed by atoms with Crippen LogP contribution >= 0.6 is 0 Å². The lowest BCUT2D eigenvalue weighted by molar-refractivity contribution is 0.0802. The molecule has 16 heavy (non-hydrogen) atoms. The summed E-state index contributed by atoms with van der Waals surface area (Å²) in [6, 6.07) is 5.15. The van der Waals surface area contributed by atoms with Crippen molar-refractivity contribution >= 4 is 11.6 Å². The van der Waals surface area contributed by atoms with Crippen molar-refractivity contribution in [2.75, 3.05) is 18.9 Å². The van der Waals surface area contributed by atoms with Crippen LogP contribution in [0.2, 0.25) is 0 Å². The minimum atomic E-state index is -0.949. The molecule has 0 aromatic heterocycles. The summed E-state index contributed by atoms with van der Waals surface area (Å²) in [4.78, 5) is 11.7. The molecule has 1 unspecified atom stereocenters. The molecule has 0 aliphatic rings. The average Bonchev–Trinajstić information content (AvgIpc) is 2.28. The number of rotatable bonds is 4. The molecule has 5 nitrogen and oxygen atoms in total. The maximum absolute atomic E-state index is 11.7. The Hall–Kier alpha value is -1.59. The Morgan fingerprint density at radius 1 is 1.56 bits per heavy atom. The Morgan fingerprint density at radius 2 is 2.25 bits per heavy atom. The lowest BCUT2D eigenvalue weighted by Gasteiger charge is -2.10. The SMILES string of the molecule is Cc1ccc(N)c(C(=O)NCC(O)CO)c1. The van der Waals surface area contributed by atoms with Gasteiger partial charge in [0.2, 0.25) is 0 Å². The van der Waals surface area contributed by atoms with Crippen LogP contribution in [0.3, 0.4) is 0 Å². The van der Waals surface area contributed by atoms with Gasteiger partial charge in [-0.05, 0) is 19.1 Å². The Kier molecular flexibility index (Phi) is 4.28. The molecule has 5 N–H and O–H groups in total. The monoisotopic (exact) mass is 224 g/mol. The van der Waals surface area contributed by atoms with E-state index in [9.17, 15) is 4.79 Å². The topological polar surface area (TPSA) is 95.6 Å². The van der Waals surface area contributed by atoms with Gasteiger partial charge in [-0.1, -0.05) is 11.6 Å². The number of anilines is 1. The van der Waals surface area contributed by atoms with Crippen molar-refractivity contribution < 1.29 is 15.0 Å². The van der Waals surface area contributed by atoms with E-state index in [0.717, 1.165) is 5.56 Å². The molecule has 1 rings (SSSR count). The first-order chi connectivity index (χ1) is 7.54. The van der Waals surface area contributed by atoms with Crippen LogP contribution in [0.5, 0.6) is 0 Å². The predicted octanol–water partition coefficient (Wildman–Crippen LogP) is -0.340. The van der Waals surface area contributed by atoms with E-state index in [1.54, 1.807) is 12.1 Å². The molecule has 0 fully saturated rings. The molecule has 5 heteroatoms. The van der Waals surface area contributed by atoms with Crippen LogP contribution in [-0.2, 0) is 0 Å². The molecule has 0 aliphatic carbocycles. The zero-order valence-electron chi connectivity index (χ0n) is 9.10. The minimum Gasteiger partial charge on any atom is -0.398 e. The van der Waals surface area contributed by atoms with E-state index in [4.69, 9.17) is 15.9 Å². The second-order valence-electron chi connectivity index (χ2n) is 3.64. The third-order valence-corrected chi connectivity index (χ3v) is 2.16. The summed E-state index contributed by atoms with van der Waals surface area (Å²) in [7, 11) is 0. The number of nitrogens with one attached hydrogen (secondary N) is 1. The van der Waals surface area contributed by atoms with Gasteiger partial charge in [-0.25, -0.2) is 0 Å². The van der Waals surface area contributed by atoms with Gasteiger partial charge in [0.15, 0.2) is 0 Å². The number of hydrogen-bond acceptors (Lipinski definition) is 4. The van der Waals surface area contributed by atoms with E-state index in [1.165, 1.54) is 0 Å². The number of amides is 1. The lowest BCUT2D eigenvalue weighted by Crippen LogP contribution is -2.34. The maximum Gasteiger partial charge on any atom is 0.253 e. The number of hydrogen-bond donors (Lipinski definition) is 4. The summed E-state index contributed by atoms with van der Waals surface area (Å²) in [5.41, 5.74) is 7.36. The first-order valence-corrected chi connectivity index (χ1v) is 4.98. The molecule has 1 aromatic rings. The predicted molar refractivity (Wildman–Crippen MR) is 61.0 cm³/mol. The highest BCUT2D eigenvalue weighted by Crippen LogP contribution is 2.13. The zero-order valence-corrected chi connectivity index (χ0v) is 9.10. The summed E-state index contributed by atoms with van der Waals surface area (Å²) >= 11 is 0. The number of nitrogen functional groups attached to an aromatic ring is 1.